The molecule has 0 saturated carbocycles. The summed E-state index contributed by atoms with van der Waals surface area (Å²) in [6.07, 6.45) is 4.84. The van der Waals surface area contributed by atoms with Crippen LogP contribution in [0.1, 0.15) is 29.8 Å². The first kappa shape index (κ1) is 17.0. The van der Waals surface area contributed by atoms with Gasteiger partial charge in [0.15, 0.2) is 11.0 Å². The van der Waals surface area contributed by atoms with E-state index in [1.165, 1.54) is 18.7 Å². The third-order valence-electron chi connectivity index (χ3n) is 4.57. The molecule has 1 saturated heterocycles. The van der Waals surface area contributed by atoms with E-state index in [9.17, 15) is 9.59 Å². The third kappa shape index (κ3) is 3.33. The van der Waals surface area contributed by atoms with Gasteiger partial charge in [-0.2, -0.15) is 5.10 Å². The standard InChI is InChI=1S/C17H18N6O4/c24-14(25)10-23-13(6-7-18-23)17(26)19-11-4-5-12(16-15(11)20-27-21-16)22-8-2-1-3-9-22/h4-7H,1-3,8-10H2,(H,19,26)(H,24,25). The number of carboxylic acids is 1. The Labute approximate surface area is 153 Å². The fourth-order valence-corrected chi connectivity index (χ4v) is 3.31. The average molecular weight is 370 g/mol. The molecule has 4 rings (SSSR count). The highest BCUT2D eigenvalue weighted by atomic mass is 16.6. The molecule has 3 aromatic rings. The number of aliphatic carboxylic acids is 1. The molecule has 0 unspecified atom stereocenters. The lowest BCUT2D eigenvalue weighted by Crippen LogP contribution is -2.29. The number of carbonyl (C=O) groups is 2. The average Bonchev–Trinajstić information content (AvgIpc) is 3.32. The summed E-state index contributed by atoms with van der Waals surface area (Å²) in [6.45, 7) is 1.49. The molecule has 2 N–H and O–H groups in total. The third-order valence-corrected chi connectivity index (χ3v) is 4.57. The number of benzene rings is 1. The summed E-state index contributed by atoms with van der Waals surface area (Å²) in [5, 5.41) is 23.5. The predicted octanol–water partition coefficient (Wildman–Crippen LogP) is 1.75. The molecule has 0 spiro atoms. The lowest BCUT2D eigenvalue weighted by Gasteiger charge is -2.28. The number of hydrogen-bond acceptors (Lipinski definition) is 7. The van der Waals surface area contributed by atoms with E-state index in [2.05, 4.69) is 25.6 Å². The summed E-state index contributed by atoms with van der Waals surface area (Å²) in [5.41, 5.74) is 2.56. The zero-order chi connectivity index (χ0) is 18.8. The topological polar surface area (TPSA) is 126 Å². The van der Waals surface area contributed by atoms with Crippen molar-refractivity contribution in [2.45, 2.75) is 25.8 Å². The molecule has 27 heavy (non-hydrogen) atoms. The van der Waals surface area contributed by atoms with Crippen molar-refractivity contribution in [1.82, 2.24) is 20.1 Å². The minimum Gasteiger partial charge on any atom is -0.480 e. The largest absolute Gasteiger partial charge is 0.480 e. The zero-order valence-corrected chi connectivity index (χ0v) is 14.5. The highest BCUT2D eigenvalue weighted by Gasteiger charge is 2.21. The minimum absolute atomic E-state index is 0.141. The molecule has 10 heteroatoms. The number of carboxylic acid groups (broad SMARTS) is 1. The molecule has 0 bridgehead atoms. The van der Waals surface area contributed by atoms with Crippen LogP contribution in [-0.4, -0.2) is 50.2 Å². The second-order valence-corrected chi connectivity index (χ2v) is 6.36. The van der Waals surface area contributed by atoms with E-state index in [4.69, 9.17) is 9.74 Å². The number of nitrogens with one attached hydrogen (secondary N) is 1. The first-order valence-corrected chi connectivity index (χ1v) is 8.68. The van der Waals surface area contributed by atoms with Gasteiger partial charge in [0.2, 0.25) is 0 Å². The fraction of sp³-hybridized carbons (Fsp3) is 0.353. The number of amides is 1. The summed E-state index contributed by atoms with van der Waals surface area (Å²) in [5.74, 6) is -1.56. The van der Waals surface area contributed by atoms with Gasteiger partial charge >= 0.3 is 5.97 Å². The second kappa shape index (κ2) is 7.06. The zero-order valence-electron chi connectivity index (χ0n) is 14.5. The van der Waals surface area contributed by atoms with Crippen LogP contribution < -0.4 is 10.2 Å². The summed E-state index contributed by atoms with van der Waals surface area (Å²) < 4.78 is 6.04. The van der Waals surface area contributed by atoms with Gasteiger partial charge < -0.3 is 15.3 Å². The molecule has 1 amide bonds. The van der Waals surface area contributed by atoms with Crippen molar-refractivity contribution in [3.8, 4) is 0 Å². The molecular formula is C17H18N6O4. The van der Waals surface area contributed by atoms with Gasteiger partial charge in [-0.1, -0.05) is 0 Å². The van der Waals surface area contributed by atoms with E-state index < -0.39 is 18.4 Å². The molecule has 1 aliphatic rings. The van der Waals surface area contributed by atoms with Crippen molar-refractivity contribution in [1.29, 1.82) is 0 Å². The van der Waals surface area contributed by atoms with Crippen LogP contribution in [0.15, 0.2) is 29.0 Å². The first-order valence-electron chi connectivity index (χ1n) is 8.68. The molecule has 0 aliphatic carbocycles. The van der Waals surface area contributed by atoms with Crippen LogP contribution in [-0.2, 0) is 11.3 Å². The molecule has 0 atom stereocenters. The monoisotopic (exact) mass is 370 g/mol. The van der Waals surface area contributed by atoms with Crippen LogP contribution in [0.25, 0.3) is 11.0 Å². The lowest BCUT2D eigenvalue weighted by atomic mass is 10.1. The number of carbonyl (C=O) groups excluding carboxylic acids is 1. The highest BCUT2D eigenvalue weighted by molar-refractivity contribution is 6.08. The van der Waals surface area contributed by atoms with Crippen LogP contribution in [0.2, 0.25) is 0 Å². The van der Waals surface area contributed by atoms with Crippen LogP contribution >= 0.6 is 0 Å². The smallest absolute Gasteiger partial charge is 0.325 e. The molecule has 3 heterocycles. The quantitative estimate of drug-likeness (QED) is 0.695. The number of nitrogens with zero attached hydrogens (tertiary/aromatic N) is 5. The van der Waals surface area contributed by atoms with Crippen LogP contribution in [0.4, 0.5) is 11.4 Å². The van der Waals surface area contributed by atoms with Crippen LogP contribution in [0.3, 0.4) is 0 Å². The summed E-state index contributed by atoms with van der Waals surface area (Å²) in [7, 11) is 0. The van der Waals surface area contributed by atoms with Gasteiger partial charge in [0, 0.05) is 19.3 Å². The van der Waals surface area contributed by atoms with Crippen LogP contribution in [0, 0.1) is 0 Å². The number of piperidine rings is 1. The molecule has 1 aliphatic heterocycles. The number of rotatable bonds is 5. The second-order valence-electron chi connectivity index (χ2n) is 6.36. The molecular weight excluding hydrogens is 352 g/mol. The Hall–Kier alpha value is -3.43. The number of aromatic nitrogens is 4. The Bertz CT molecular complexity index is 988. The van der Waals surface area contributed by atoms with Crippen LogP contribution in [0.5, 0.6) is 0 Å². The van der Waals surface area contributed by atoms with E-state index in [1.807, 2.05) is 6.07 Å². The van der Waals surface area contributed by atoms with Gasteiger partial charge in [-0.25, -0.2) is 9.31 Å². The summed E-state index contributed by atoms with van der Waals surface area (Å²) in [4.78, 5) is 25.7. The fourth-order valence-electron chi connectivity index (χ4n) is 3.31. The maximum absolute atomic E-state index is 12.6. The van der Waals surface area contributed by atoms with Crippen molar-refractivity contribution in [3.63, 3.8) is 0 Å². The van der Waals surface area contributed by atoms with Gasteiger partial charge in [0.05, 0.1) is 11.4 Å². The Balaban J connectivity index is 1.61. The molecule has 140 valence electrons. The van der Waals surface area contributed by atoms with E-state index >= 15 is 0 Å². The highest BCUT2D eigenvalue weighted by Crippen LogP contribution is 2.31. The normalized spacial score (nSPS) is 14.4. The Morgan fingerprint density at radius 3 is 2.67 bits per heavy atom. The SMILES string of the molecule is O=C(O)Cn1nccc1C(=O)Nc1ccc(N2CCCCC2)c2nonc12. The van der Waals surface area contributed by atoms with Crippen molar-refractivity contribution in [3.05, 3.63) is 30.1 Å². The van der Waals surface area contributed by atoms with Gasteiger partial charge in [-0.05, 0) is 47.8 Å². The van der Waals surface area contributed by atoms with Crippen molar-refractivity contribution in [2.24, 2.45) is 0 Å². The predicted molar refractivity (Wildman–Crippen MR) is 95.7 cm³/mol. The van der Waals surface area contributed by atoms with E-state index in [0.29, 0.717) is 16.7 Å². The Morgan fingerprint density at radius 1 is 1.11 bits per heavy atom. The maximum atomic E-state index is 12.6. The Morgan fingerprint density at radius 2 is 1.89 bits per heavy atom. The number of fused-ring (bicyclic) bond motifs is 1. The van der Waals surface area contributed by atoms with Crippen molar-refractivity contribution in [2.75, 3.05) is 23.3 Å². The van der Waals surface area contributed by atoms with Crippen molar-refractivity contribution < 1.29 is 19.3 Å². The molecule has 1 aromatic carbocycles. The van der Waals surface area contributed by atoms with E-state index in [1.54, 1.807) is 6.07 Å². The van der Waals surface area contributed by atoms with E-state index in [-0.39, 0.29) is 5.69 Å². The molecule has 0 radical (unpaired) electrons. The summed E-state index contributed by atoms with van der Waals surface area (Å²) in [6, 6.07) is 5.10. The Kier molecular flexibility index (Phi) is 4.45. The number of hydrogen-bond donors (Lipinski definition) is 2. The molecule has 2 aromatic heterocycles. The van der Waals surface area contributed by atoms with Gasteiger partial charge in [0.1, 0.15) is 12.2 Å². The van der Waals surface area contributed by atoms with E-state index in [0.717, 1.165) is 36.3 Å². The number of anilines is 2. The summed E-state index contributed by atoms with van der Waals surface area (Å²) >= 11 is 0. The van der Waals surface area contributed by atoms with Gasteiger partial charge in [0.25, 0.3) is 5.91 Å². The minimum atomic E-state index is -1.08. The van der Waals surface area contributed by atoms with Gasteiger partial charge in [-0.15, -0.1) is 0 Å². The van der Waals surface area contributed by atoms with Crippen molar-refractivity contribution >= 4 is 34.3 Å². The molecule has 10 nitrogen and oxygen atoms in total. The maximum Gasteiger partial charge on any atom is 0.325 e. The first-order chi connectivity index (χ1) is 13.1. The lowest BCUT2D eigenvalue weighted by molar-refractivity contribution is -0.137. The molecule has 1 fully saturated rings. The van der Waals surface area contributed by atoms with Gasteiger partial charge in [-0.3, -0.25) is 9.59 Å².